The molecule has 2 N–H and O–H groups in total. The Hall–Kier alpha value is -0.940. The molecule has 0 aliphatic carbocycles. The summed E-state index contributed by atoms with van der Waals surface area (Å²) in [7, 11) is 1.62. The minimum atomic E-state index is -0.0942. The van der Waals surface area contributed by atoms with Crippen LogP contribution < -0.4 is 5.73 Å². The van der Waals surface area contributed by atoms with Crippen LogP contribution in [-0.4, -0.2) is 29.9 Å². The molecule has 86 valence electrons. The first-order valence-electron chi connectivity index (χ1n) is 5.01. The van der Waals surface area contributed by atoms with Gasteiger partial charge in [-0.3, -0.25) is 0 Å². The molecule has 0 fully saturated rings. The van der Waals surface area contributed by atoms with Crippen molar-refractivity contribution in [3.8, 4) is 0 Å². The van der Waals surface area contributed by atoms with Crippen LogP contribution in [0.15, 0.2) is 4.52 Å². The molecular formula is C10H19N3O2. The highest BCUT2D eigenvalue weighted by molar-refractivity contribution is 5.00. The Bertz CT molecular complexity index is 304. The van der Waals surface area contributed by atoms with E-state index in [1.54, 1.807) is 7.11 Å². The third-order valence-corrected chi connectivity index (χ3v) is 1.96. The van der Waals surface area contributed by atoms with E-state index in [0.29, 0.717) is 24.7 Å². The predicted octanol–water partition coefficient (Wildman–Crippen LogP) is 0.883. The normalized spacial score (nSPS) is 14.2. The molecule has 0 amide bonds. The Kier molecular flexibility index (Phi) is 3.82. The molecule has 5 heteroatoms. The Balaban J connectivity index is 2.61. The third-order valence-electron chi connectivity index (χ3n) is 1.96. The molecule has 1 heterocycles. The molecule has 1 unspecified atom stereocenters. The molecule has 15 heavy (non-hydrogen) atoms. The lowest BCUT2D eigenvalue weighted by Crippen LogP contribution is -2.28. The van der Waals surface area contributed by atoms with E-state index in [9.17, 15) is 0 Å². The molecule has 5 nitrogen and oxygen atoms in total. The van der Waals surface area contributed by atoms with Crippen LogP contribution in [0.2, 0.25) is 0 Å². The minimum Gasteiger partial charge on any atom is -0.383 e. The van der Waals surface area contributed by atoms with Crippen LogP contribution in [0.4, 0.5) is 0 Å². The summed E-state index contributed by atoms with van der Waals surface area (Å²) in [5.74, 6) is 1.28. The van der Waals surface area contributed by atoms with Crippen LogP contribution in [0.3, 0.4) is 0 Å². The molecular weight excluding hydrogens is 194 g/mol. The molecule has 0 aromatic carbocycles. The van der Waals surface area contributed by atoms with E-state index in [0.717, 1.165) is 0 Å². The van der Waals surface area contributed by atoms with E-state index < -0.39 is 0 Å². The van der Waals surface area contributed by atoms with Gasteiger partial charge in [-0.1, -0.05) is 25.9 Å². The van der Waals surface area contributed by atoms with Crippen LogP contribution >= 0.6 is 0 Å². The van der Waals surface area contributed by atoms with Crippen molar-refractivity contribution >= 4 is 0 Å². The number of ether oxygens (including phenoxy) is 1. The highest BCUT2D eigenvalue weighted by Gasteiger charge is 2.21. The van der Waals surface area contributed by atoms with E-state index in [4.69, 9.17) is 15.0 Å². The van der Waals surface area contributed by atoms with Crippen molar-refractivity contribution < 1.29 is 9.26 Å². The van der Waals surface area contributed by atoms with Crippen LogP contribution in [0.25, 0.3) is 0 Å². The monoisotopic (exact) mass is 213 g/mol. The summed E-state index contributed by atoms with van der Waals surface area (Å²) in [6.45, 7) is 6.61. The van der Waals surface area contributed by atoms with Gasteiger partial charge in [-0.15, -0.1) is 0 Å². The summed E-state index contributed by atoms with van der Waals surface area (Å²) in [6.07, 6.45) is 0.553. The Morgan fingerprint density at radius 3 is 2.60 bits per heavy atom. The van der Waals surface area contributed by atoms with Crippen molar-refractivity contribution in [3.63, 3.8) is 0 Å². The fourth-order valence-corrected chi connectivity index (χ4v) is 1.14. The second-order valence-corrected chi connectivity index (χ2v) is 4.68. The number of nitrogens with two attached hydrogens (primary N) is 1. The topological polar surface area (TPSA) is 74.2 Å². The summed E-state index contributed by atoms with van der Waals surface area (Å²) in [6, 6.07) is -0.0942. The third kappa shape index (κ3) is 3.60. The van der Waals surface area contributed by atoms with Crippen molar-refractivity contribution in [2.45, 2.75) is 38.6 Å². The van der Waals surface area contributed by atoms with Gasteiger partial charge in [0, 0.05) is 25.0 Å². The number of aromatic nitrogens is 2. The molecule has 1 rings (SSSR count). The zero-order valence-electron chi connectivity index (χ0n) is 9.78. The van der Waals surface area contributed by atoms with Gasteiger partial charge < -0.3 is 15.0 Å². The van der Waals surface area contributed by atoms with Gasteiger partial charge in [-0.05, 0) is 0 Å². The summed E-state index contributed by atoms with van der Waals surface area (Å²) >= 11 is 0. The first-order chi connectivity index (χ1) is 6.93. The lowest BCUT2D eigenvalue weighted by atomic mass is 9.96. The second kappa shape index (κ2) is 4.72. The Morgan fingerprint density at radius 1 is 1.47 bits per heavy atom. The molecule has 0 aliphatic rings. The van der Waals surface area contributed by atoms with Gasteiger partial charge in [0.15, 0.2) is 5.82 Å². The maximum Gasteiger partial charge on any atom is 0.228 e. The summed E-state index contributed by atoms with van der Waals surface area (Å²) in [4.78, 5) is 4.29. The maximum absolute atomic E-state index is 5.78. The Labute approximate surface area is 90.0 Å². The molecule has 0 aliphatic heterocycles. The first-order valence-corrected chi connectivity index (χ1v) is 5.01. The first kappa shape index (κ1) is 12.1. The lowest BCUT2D eigenvalue weighted by molar-refractivity contribution is 0.176. The van der Waals surface area contributed by atoms with Crippen LogP contribution in [0, 0.1) is 0 Å². The molecule has 0 spiro atoms. The average molecular weight is 213 g/mol. The molecule has 0 radical (unpaired) electrons. The fourth-order valence-electron chi connectivity index (χ4n) is 1.14. The molecule has 1 aromatic heterocycles. The largest absolute Gasteiger partial charge is 0.383 e. The van der Waals surface area contributed by atoms with E-state index in [1.165, 1.54) is 0 Å². The van der Waals surface area contributed by atoms with Crippen molar-refractivity contribution in [1.82, 2.24) is 10.1 Å². The van der Waals surface area contributed by atoms with Gasteiger partial charge in [0.05, 0.1) is 6.61 Å². The van der Waals surface area contributed by atoms with Crippen molar-refractivity contribution in [2.75, 3.05) is 13.7 Å². The van der Waals surface area contributed by atoms with E-state index >= 15 is 0 Å². The summed E-state index contributed by atoms with van der Waals surface area (Å²) in [5, 5.41) is 3.92. The molecule has 0 saturated carbocycles. The van der Waals surface area contributed by atoms with Crippen molar-refractivity contribution in [3.05, 3.63) is 11.7 Å². The molecule has 1 atom stereocenters. The number of methoxy groups -OCH3 is 1. The number of hydrogen-bond acceptors (Lipinski definition) is 5. The number of nitrogens with zero attached hydrogens (tertiary/aromatic N) is 2. The van der Waals surface area contributed by atoms with Gasteiger partial charge in [0.1, 0.15) is 0 Å². The SMILES string of the molecule is COCC(N)Cc1nc(C(C)(C)C)no1. The fraction of sp³-hybridized carbons (Fsp3) is 0.800. The van der Waals surface area contributed by atoms with Gasteiger partial charge in [0.25, 0.3) is 0 Å². The number of hydrogen-bond donors (Lipinski definition) is 1. The summed E-state index contributed by atoms with van der Waals surface area (Å²) in [5.41, 5.74) is 5.69. The number of rotatable bonds is 4. The van der Waals surface area contributed by atoms with E-state index in [-0.39, 0.29) is 11.5 Å². The zero-order chi connectivity index (χ0) is 11.5. The molecule has 1 aromatic rings. The van der Waals surface area contributed by atoms with E-state index in [2.05, 4.69) is 10.1 Å². The minimum absolute atomic E-state index is 0.0902. The molecule has 0 saturated heterocycles. The highest BCUT2D eigenvalue weighted by Crippen LogP contribution is 2.18. The Morgan fingerprint density at radius 2 is 2.13 bits per heavy atom. The second-order valence-electron chi connectivity index (χ2n) is 4.68. The average Bonchev–Trinajstić information content (AvgIpc) is 2.52. The van der Waals surface area contributed by atoms with E-state index in [1.807, 2.05) is 20.8 Å². The summed E-state index contributed by atoms with van der Waals surface area (Å²) < 4.78 is 10.0. The maximum atomic E-state index is 5.78. The van der Waals surface area contributed by atoms with Crippen LogP contribution in [0.1, 0.15) is 32.5 Å². The standard InChI is InChI=1S/C10H19N3O2/c1-10(2,3)9-12-8(15-13-9)5-7(11)6-14-4/h7H,5-6,11H2,1-4H3. The quantitative estimate of drug-likeness (QED) is 0.803. The predicted molar refractivity (Wildman–Crippen MR) is 56.6 cm³/mol. The zero-order valence-corrected chi connectivity index (χ0v) is 9.78. The lowest BCUT2D eigenvalue weighted by Gasteiger charge is -2.11. The van der Waals surface area contributed by atoms with Gasteiger partial charge in [-0.25, -0.2) is 0 Å². The van der Waals surface area contributed by atoms with Gasteiger partial charge in [-0.2, -0.15) is 4.98 Å². The van der Waals surface area contributed by atoms with Crippen LogP contribution in [-0.2, 0) is 16.6 Å². The van der Waals surface area contributed by atoms with Gasteiger partial charge in [0.2, 0.25) is 5.89 Å². The van der Waals surface area contributed by atoms with Gasteiger partial charge >= 0.3 is 0 Å². The smallest absolute Gasteiger partial charge is 0.228 e. The highest BCUT2D eigenvalue weighted by atomic mass is 16.5. The molecule has 0 bridgehead atoms. The van der Waals surface area contributed by atoms with Crippen molar-refractivity contribution in [2.24, 2.45) is 5.73 Å². The van der Waals surface area contributed by atoms with Crippen LogP contribution in [0.5, 0.6) is 0 Å². The van der Waals surface area contributed by atoms with Crippen molar-refractivity contribution in [1.29, 1.82) is 0 Å².